The first kappa shape index (κ1) is 15.3. The number of nitrogens with one attached hydrogen (secondary N) is 1. The van der Waals surface area contributed by atoms with Crippen LogP contribution in [0, 0.1) is 12.3 Å². The van der Waals surface area contributed by atoms with E-state index in [-0.39, 0.29) is 11.3 Å². The van der Waals surface area contributed by atoms with Crippen molar-refractivity contribution in [2.24, 2.45) is 5.41 Å². The fourth-order valence-corrected chi connectivity index (χ4v) is 2.71. The lowest BCUT2D eigenvalue weighted by molar-refractivity contribution is 0.0891. The Hall–Kier alpha value is -1.13. The minimum Gasteiger partial charge on any atom is -0.351 e. The summed E-state index contributed by atoms with van der Waals surface area (Å²) in [6.45, 7) is 6.94. The molecular weight excluding hydrogens is 274 g/mol. The highest BCUT2D eigenvalue weighted by molar-refractivity contribution is 6.33. The minimum atomic E-state index is -0.136. The molecule has 1 saturated heterocycles. The lowest BCUT2D eigenvalue weighted by Gasteiger charge is -2.37. The Morgan fingerprint density at radius 1 is 1.50 bits per heavy atom. The summed E-state index contributed by atoms with van der Waals surface area (Å²) in [5.74, 6) is -0.136. The van der Waals surface area contributed by atoms with Gasteiger partial charge in [-0.25, -0.2) is 0 Å². The Balaban J connectivity index is 1.95. The molecule has 110 valence electrons. The molecule has 0 saturated carbocycles. The SMILES string of the molecule is Cc1cc(Cl)c(C(=O)NCC2(C)CCN(C)CC2)cn1. The van der Waals surface area contributed by atoms with E-state index in [4.69, 9.17) is 11.6 Å². The number of likely N-dealkylation sites (tertiary alicyclic amines) is 1. The zero-order valence-corrected chi connectivity index (χ0v) is 13.1. The summed E-state index contributed by atoms with van der Waals surface area (Å²) in [5, 5.41) is 3.46. The molecule has 0 aliphatic carbocycles. The molecule has 0 unspecified atom stereocenters. The number of halogens is 1. The van der Waals surface area contributed by atoms with E-state index in [1.165, 1.54) is 0 Å². The topological polar surface area (TPSA) is 45.2 Å². The Bertz CT molecular complexity index is 496. The van der Waals surface area contributed by atoms with Gasteiger partial charge in [0, 0.05) is 18.4 Å². The number of hydrogen-bond acceptors (Lipinski definition) is 3. The van der Waals surface area contributed by atoms with E-state index in [0.717, 1.165) is 31.6 Å². The smallest absolute Gasteiger partial charge is 0.254 e. The first-order chi connectivity index (χ1) is 9.39. The van der Waals surface area contributed by atoms with E-state index in [1.807, 2.05) is 6.92 Å². The van der Waals surface area contributed by atoms with E-state index >= 15 is 0 Å². The lowest BCUT2D eigenvalue weighted by Crippen LogP contribution is -2.43. The number of hydrogen-bond donors (Lipinski definition) is 1. The van der Waals surface area contributed by atoms with Gasteiger partial charge in [0.05, 0.1) is 10.6 Å². The van der Waals surface area contributed by atoms with Crippen LogP contribution in [-0.2, 0) is 0 Å². The minimum absolute atomic E-state index is 0.136. The summed E-state index contributed by atoms with van der Waals surface area (Å²) in [4.78, 5) is 18.6. The van der Waals surface area contributed by atoms with Gasteiger partial charge in [0.2, 0.25) is 0 Å². The predicted molar refractivity (Wildman–Crippen MR) is 81.2 cm³/mol. The van der Waals surface area contributed by atoms with Crippen LogP contribution in [0.3, 0.4) is 0 Å². The van der Waals surface area contributed by atoms with E-state index in [0.29, 0.717) is 17.1 Å². The van der Waals surface area contributed by atoms with Gasteiger partial charge >= 0.3 is 0 Å². The van der Waals surface area contributed by atoms with Crippen molar-refractivity contribution >= 4 is 17.5 Å². The molecule has 1 aliphatic rings. The quantitative estimate of drug-likeness (QED) is 0.932. The van der Waals surface area contributed by atoms with Crippen molar-refractivity contribution < 1.29 is 4.79 Å². The third-order valence-electron chi connectivity index (χ3n) is 4.10. The van der Waals surface area contributed by atoms with Crippen molar-refractivity contribution in [1.29, 1.82) is 0 Å². The van der Waals surface area contributed by atoms with Crippen LogP contribution in [0.15, 0.2) is 12.3 Å². The van der Waals surface area contributed by atoms with Gasteiger partial charge < -0.3 is 10.2 Å². The number of aryl methyl sites for hydroxylation is 1. The highest BCUT2D eigenvalue weighted by atomic mass is 35.5. The van der Waals surface area contributed by atoms with Gasteiger partial charge in [-0.15, -0.1) is 0 Å². The number of rotatable bonds is 3. The first-order valence-corrected chi connectivity index (χ1v) is 7.36. The molecule has 2 rings (SSSR count). The second-order valence-electron chi connectivity index (χ2n) is 6.10. The number of piperidine rings is 1. The van der Waals surface area contributed by atoms with E-state index in [9.17, 15) is 4.79 Å². The van der Waals surface area contributed by atoms with Crippen molar-refractivity contribution in [2.75, 3.05) is 26.7 Å². The molecule has 1 amide bonds. The van der Waals surface area contributed by atoms with Crippen LogP contribution in [-0.4, -0.2) is 42.5 Å². The Labute approximate surface area is 125 Å². The average Bonchev–Trinajstić information content (AvgIpc) is 2.40. The fraction of sp³-hybridized carbons (Fsp3) is 0.600. The monoisotopic (exact) mass is 295 g/mol. The zero-order valence-electron chi connectivity index (χ0n) is 12.4. The fourth-order valence-electron chi connectivity index (χ4n) is 2.42. The summed E-state index contributed by atoms with van der Waals surface area (Å²) < 4.78 is 0. The average molecular weight is 296 g/mol. The van der Waals surface area contributed by atoms with Gasteiger partial charge in [0.25, 0.3) is 5.91 Å². The molecule has 0 radical (unpaired) electrons. The maximum atomic E-state index is 12.2. The van der Waals surface area contributed by atoms with Crippen LogP contribution in [0.4, 0.5) is 0 Å². The van der Waals surface area contributed by atoms with Gasteiger partial charge in [-0.05, 0) is 51.4 Å². The third kappa shape index (κ3) is 3.70. The van der Waals surface area contributed by atoms with Crippen LogP contribution < -0.4 is 5.32 Å². The molecule has 1 N–H and O–H groups in total. The lowest BCUT2D eigenvalue weighted by atomic mass is 9.80. The third-order valence-corrected chi connectivity index (χ3v) is 4.42. The van der Waals surface area contributed by atoms with Gasteiger partial charge in [-0.3, -0.25) is 9.78 Å². The molecule has 1 fully saturated rings. The molecule has 1 aliphatic heterocycles. The zero-order chi connectivity index (χ0) is 14.8. The van der Waals surface area contributed by atoms with Gasteiger partial charge in [0.1, 0.15) is 0 Å². The molecule has 1 aromatic heterocycles. The molecule has 0 bridgehead atoms. The highest BCUT2D eigenvalue weighted by Gasteiger charge is 2.29. The Morgan fingerprint density at radius 3 is 2.75 bits per heavy atom. The van der Waals surface area contributed by atoms with Crippen molar-refractivity contribution in [3.05, 3.63) is 28.5 Å². The largest absolute Gasteiger partial charge is 0.351 e. The standard InChI is InChI=1S/C15H22ClN3O/c1-11-8-13(16)12(9-17-11)14(20)18-10-15(2)4-6-19(3)7-5-15/h8-9H,4-7,10H2,1-3H3,(H,18,20). The summed E-state index contributed by atoms with van der Waals surface area (Å²) in [6, 6.07) is 1.72. The van der Waals surface area contributed by atoms with Gasteiger partial charge in [0.15, 0.2) is 0 Å². The van der Waals surface area contributed by atoms with Crippen LogP contribution in [0.25, 0.3) is 0 Å². The molecule has 20 heavy (non-hydrogen) atoms. The van der Waals surface area contributed by atoms with Gasteiger partial charge in [-0.1, -0.05) is 18.5 Å². The normalized spacial score (nSPS) is 18.8. The van der Waals surface area contributed by atoms with E-state index in [2.05, 4.69) is 29.2 Å². The maximum absolute atomic E-state index is 12.2. The number of aromatic nitrogens is 1. The highest BCUT2D eigenvalue weighted by Crippen LogP contribution is 2.29. The second-order valence-corrected chi connectivity index (χ2v) is 6.51. The molecule has 0 aromatic carbocycles. The number of nitrogens with zero attached hydrogens (tertiary/aromatic N) is 2. The molecule has 5 heteroatoms. The number of carbonyl (C=O) groups excluding carboxylic acids is 1. The Kier molecular flexibility index (Phi) is 4.66. The van der Waals surface area contributed by atoms with E-state index < -0.39 is 0 Å². The van der Waals surface area contributed by atoms with Crippen LogP contribution >= 0.6 is 11.6 Å². The summed E-state index contributed by atoms with van der Waals surface area (Å²) >= 11 is 6.09. The predicted octanol–water partition coefficient (Wildman–Crippen LogP) is 2.51. The number of amides is 1. The number of pyridine rings is 1. The molecular formula is C15H22ClN3O. The summed E-state index contributed by atoms with van der Waals surface area (Å²) in [6.07, 6.45) is 3.75. The van der Waals surface area contributed by atoms with Crippen LogP contribution in [0.1, 0.15) is 35.8 Å². The number of carbonyl (C=O) groups is 1. The van der Waals surface area contributed by atoms with Crippen molar-refractivity contribution in [1.82, 2.24) is 15.2 Å². The molecule has 1 aromatic rings. The van der Waals surface area contributed by atoms with Crippen LogP contribution in [0.5, 0.6) is 0 Å². The molecule has 0 atom stereocenters. The van der Waals surface area contributed by atoms with Crippen molar-refractivity contribution in [3.63, 3.8) is 0 Å². The molecule has 4 nitrogen and oxygen atoms in total. The van der Waals surface area contributed by atoms with Crippen LogP contribution in [0.2, 0.25) is 5.02 Å². The summed E-state index contributed by atoms with van der Waals surface area (Å²) in [7, 11) is 2.13. The van der Waals surface area contributed by atoms with Crippen molar-refractivity contribution in [2.45, 2.75) is 26.7 Å². The maximum Gasteiger partial charge on any atom is 0.254 e. The Morgan fingerprint density at radius 2 is 2.15 bits per heavy atom. The van der Waals surface area contributed by atoms with E-state index in [1.54, 1.807) is 12.3 Å². The van der Waals surface area contributed by atoms with Gasteiger partial charge in [-0.2, -0.15) is 0 Å². The second kappa shape index (κ2) is 6.10. The van der Waals surface area contributed by atoms with Crippen molar-refractivity contribution in [3.8, 4) is 0 Å². The molecule has 2 heterocycles. The summed E-state index contributed by atoms with van der Waals surface area (Å²) in [5.41, 5.74) is 1.44. The first-order valence-electron chi connectivity index (χ1n) is 6.98. The molecule has 0 spiro atoms.